The predicted octanol–water partition coefficient (Wildman–Crippen LogP) is 2.19. The Hall–Kier alpha value is -1.82. The van der Waals surface area contributed by atoms with Crippen molar-refractivity contribution in [2.45, 2.75) is 13.5 Å². The summed E-state index contributed by atoms with van der Waals surface area (Å²) < 4.78 is 1.69. The third-order valence-corrected chi connectivity index (χ3v) is 2.55. The summed E-state index contributed by atoms with van der Waals surface area (Å²) in [6.45, 7) is 2.62. The van der Waals surface area contributed by atoms with E-state index < -0.39 is 6.09 Å². The number of halogens is 1. The zero-order valence-electron chi connectivity index (χ0n) is 8.44. The third kappa shape index (κ3) is 1.67. The van der Waals surface area contributed by atoms with Crippen LogP contribution in [0.25, 0.3) is 11.0 Å². The first kappa shape index (κ1) is 10.7. The van der Waals surface area contributed by atoms with Crippen LogP contribution in [0.5, 0.6) is 0 Å². The predicted molar refractivity (Wildman–Crippen MR) is 59.9 cm³/mol. The molecule has 2 rings (SSSR count). The minimum absolute atomic E-state index is 0.261. The molecule has 0 saturated carbocycles. The molecular weight excluding hydrogens is 232 g/mol. The van der Waals surface area contributed by atoms with Gasteiger partial charge in [0, 0.05) is 6.54 Å². The van der Waals surface area contributed by atoms with E-state index in [4.69, 9.17) is 16.7 Å². The fourth-order valence-electron chi connectivity index (χ4n) is 1.43. The molecule has 0 aliphatic carbocycles. The fraction of sp³-hybridized carbons (Fsp3) is 0.222. The van der Waals surface area contributed by atoms with Crippen LogP contribution in [0.3, 0.4) is 0 Å². The highest BCUT2D eigenvalue weighted by atomic mass is 35.5. The molecule has 6 nitrogen and oxygen atoms in total. The van der Waals surface area contributed by atoms with Crippen LogP contribution in [-0.2, 0) is 6.54 Å². The number of carboxylic acid groups (broad SMARTS) is 1. The van der Waals surface area contributed by atoms with E-state index in [0.717, 1.165) is 0 Å². The third-order valence-electron chi connectivity index (χ3n) is 2.14. The average molecular weight is 241 g/mol. The van der Waals surface area contributed by atoms with Crippen LogP contribution in [-0.4, -0.2) is 26.0 Å². The maximum atomic E-state index is 10.5. The van der Waals surface area contributed by atoms with Crippen LogP contribution < -0.4 is 5.32 Å². The lowest BCUT2D eigenvalue weighted by Gasteiger charge is -2.04. The topological polar surface area (TPSA) is 80.0 Å². The highest BCUT2D eigenvalue weighted by Crippen LogP contribution is 2.29. The molecule has 0 unspecified atom stereocenters. The largest absolute Gasteiger partial charge is 0.465 e. The summed E-state index contributed by atoms with van der Waals surface area (Å²) in [5, 5.41) is 15.8. The molecule has 0 radical (unpaired) electrons. The normalized spacial score (nSPS) is 10.6. The van der Waals surface area contributed by atoms with Crippen molar-refractivity contribution in [2.75, 3.05) is 5.32 Å². The monoisotopic (exact) mass is 240 g/mol. The summed E-state index contributed by atoms with van der Waals surface area (Å²) in [7, 11) is 0. The van der Waals surface area contributed by atoms with Gasteiger partial charge < -0.3 is 5.11 Å². The van der Waals surface area contributed by atoms with Crippen molar-refractivity contribution < 1.29 is 9.90 Å². The van der Waals surface area contributed by atoms with Crippen molar-refractivity contribution in [1.29, 1.82) is 0 Å². The van der Waals surface area contributed by atoms with Gasteiger partial charge in [-0.25, -0.2) is 14.5 Å². The van der Waals surface area contributed by atoms with E-state index in [9.17, 15) is 4.79 Å². The molecule has 2 aromatic heterocycles. The number of aromatic nitrogens is 3. The Labute approximate surface area is 95.8 Å². The van der Waals surface area contributed by atoms with Gasteiger partial charge in [-0.3, -0.25) is 5.32 Å². The van der Waals surface area contributed by atoms with Gasteiger partial charge in [-0.1, -0.05) is 11.6 Å². The Kier molecular flexibility index (Phi) is 2.66. The van der Waals surface area contributed by atoms with Gasteiger partial charge in [-0.05, 0) is 6.92 Å². The number of rotatable bonds is 2. The number of anilines is 1. The number of aryl methyl sites for hydroxylation is 1. The first-order chi connectivity index (χ1) is 7.63. The summed E-state index contributed by atoms with van der Waals surface area (Å²) in [5.41, 5.74) is 0.903. The molecule has 0 aliphatic heterocycles. The molecule has 0 spiro atoms. The zero-order valence-corrected chi connectivity index (χ0v) is 9.19. The Morgan fingerprint density at radius 1 is 1.62 bits per heavy atom. The molecule has 2 N–H and O–H groups in total. The Bertz CT molecular complexity index is 552. The zero-order chi connectivity index (χ0) is 11.7. The molecule has 1 amide bonds. The minimum atomic E-state index is -1.18. The van der Waals surface area contributed by atoms with E-state index in [1.807, 2.05) is 6.92 Å². The molecule has 84 valence electrons. The highest BCUT2D eigenvalue weighted by molar-refractivity contribution is 6.38. The standard InChI is InChI=1S/C9H9ClN4O2/c1-2-14-8-5(3-12-14)7(10)6(4-11-8)13-9(15)16/h3-4,13H,2H2,1H3,(H,15,16). The summed E-state index contributed by atoms with van der Waals surface area (Å²) in [6, 6.07) is 0. The number of fused-ring (bicyclic) bond motifs is 1. The SMILES string of the molecule is CCn1ncc2c(Cl)c(NC(=O)O)cnc21. The molecule has 0 saturated heterocycles. The molecule has 0 aliphatic rings. The summed E-state index contributed by atoms with van der Waals surface area (Å²) in [6.07, 6.45) is 1.78. The van der Waals surface area contributed by atoms with Gasteiger partial charge in [0.1, 0.15) is 0 Å². The smallest absolute Gasteiger partial charge is 0.409 e. The van der Waals surface area contributed by atoms with Gasteiger partial charge >= 0.3 is 6.09 Å². The number of nitrogens with one attached hydrogen (secondary N) is 1. The van der Waals surface area contributed by atoms with Gasteiger partial charge in [-0.2, -0.15) is 5.10 Å². The number of hydrogen-bond acceptors (Lipinski definition) is 3. The fourth-order valence-corrected chi connectivity index (χ4v) is 1.66. The summed E-state index contributed by atoms with van der Waals surface area (Å²) >= 11 is 6.04. The van der Waals surface area contributed by atoms with Gasteiger partial charge in [0.05, 0.1) is 28.5 Å². The van der Waals surface area contributed by atoms with E-state index in [1.54, 1.807) is 10.9 Å². The molecule has 16 heavy (non-hydrogen) atoms. The van der Waals surface area contributed by atoms with Crippen LogP contribution in [0, 0.1) is 0 Å². The maximum absolute atomic E-state index is 10.5. The van der Waals surface area contributed by atoms with Crippen LogP contribution in [0.1, 0.15) is 6.92 Å². The van der Waals surface area contributed by atoms with Crippen molar-refractivity contribution >= 4 is 34.4 Å². The first-order valence-corrected chi connectivity index (χ1v) is 5.01. The molecule has 0 fully saturated rings. The van der Waals surface area contributed by atoms with Crippen molar-refractivity contribution in [3.05, 3.63) is 17.4 Å². The average Bonchev–Trinajstić information content (AvgIpc) is 2.65. The van der Waals surface area contributed by atoms with E-state index in [2.05, 4.69) is 15.4 Å². The van der Waals surface area contributed by atoms with Gasteiger partial charge in [0.2, 0.25) is 0 Å². The second-order valence-corrected chi connectivity index (χ2v) is 3.49. The molecular formula is C9H9ClN4O2. The lowest BCUT2D eigenvalue weighted by atomic mass is 10.3. The van der Waals surface area contributed by atoms with Crippen LogP contribution in [0.2, 0.25) is 5.02 Å². The number of pyridine rings is 1. The van der Waals surface area contributed by atoms with E-state index in [1.165, 1.54) is 6.20 Å². The van der Waals surface area contributed by atoms with E-state index >= 15 is 0 Å². The minimum Gasteiger partial charge on any atom is -0.465 e. The quantitative estimate of drug-likeness (QED) is 0.843. The Balaban J connectivity index is 2.57. The van der Waals surface area contributed by atoms with Gasteiger partial charge in [0.15, 0.2) is 5.65 Å². The van der Waals surface area contributed by atoms with Gasteiger partial charge in [-0.15, -0.1) is 0 Å². The first-order valence-electron chi connectivity index (χ1n) is 4.63. The van der Waals surface area contributed by atoms with Gasteiger partial charge in [0.25, 0.3) is 0 Å². The van der Waals surface area contributed by atoms with Crippen LogP contribution in [0.4, 0.5) is 10.5 Å². The van der Waals surface area contributed by atoms with Crippen LogP contribution in [0.15, 0.2) is 12.4 Å². The summed E-state index contributed by atoms with van der Waals surface area (Å²) in [4.78, 5) is 14.6. The number of amides is 1. The molecule has 0 atom stereocenters. The Morgan fingerprint density at radius 3 is 3.00 bits per heavy atom. The van der Waals surface area contributed by atoms with Crippen molar-refractivity contribution in [3.8, 4) is 0 Å². The molecule has 0 bridgehead atoms. The second-order valence-electron chi connectivity index (χ2n) is 3.11. The highest BCUT2D eigenvalue weighted by Gasteiger charge is 2.12. The molecule has 0 aromatic carbocycles. The number of carbonyl (C=O) groups is 1. The lowest BCUT2D eigenvalue weighted by molar-refractivity contribution is 0.209. The second kappa shape index (κ2) is 3.97. The Morgan fingerprint density at radius 2 is 2.38 bits per heavy atom. The molecule has 2 aromatic rings. The summed E-state index contributed by atoms with van der Waals surface area (Å²) in [5.74, 6) is 0. The van der Waals surface area contributed by atoms with Crippen molar-refractivity contribution in [2.24, 2.45) is 0 Å². The molecule has 7 heteroatoms. The van der Waals surface area contributed by atoms with Crippen molar-refractivity contribution in [1.82, 2.24) is 14.8 Å². The maximum Gasteiger partial charge on any atom is 0.409 e. The number of nitrogens with zero attached hydrogens (tertiary/aromatic N) is 3. The van der Waals surface area contributed by atoms with Crippen LogP contribution >= 0.6 is 11.6 Å². The van der Waals surface area contributed by atoms with E-state index in [-0.39, 0.29) is 5.69 Å². The molecule has 2 heterocycles. The van der Waals surface area contributed by atoms with E-state index in [0.29, 0.717) is 22.6 Å². The van der Waals surface area contributed by atoms with Crippen molar-refractivity contribution in [3.63, 3.8) is 0 Å². The lowest BCUT2D eigenvalue weighted by Crippen LogP contribution is -2.08. The number of hydrogen-bond donors (Lipinski definition) is 2.